The Morgan fingerprint density at radius 3 is 2.70 bits per heavy atom. The van der Waals surface area contributed by atoms with Crippen molar-refractivity contribution in [2.45, 2.75) is 24.7 Å². The Morgan fingerprint density at radius 1 is 1.30 bits per heavy atom. The zero-order valence-electron chi connectivity index (χ0n) is 11.1. The molecule has 110 valence electrons. The van der Waals surface area contributed by atoms with E-state index in [1.165, 1.54) is 12.1 Å². The largest absolute Gasteiger partial charge is 0.494 e. The van der Waals surface area contributed by atoms with E-state index in [9.17, 15) is 13.2 Å². The predicted octanol–water partition coefficient (Wildman–Crippen LogP) is 2.40. The lowest BCUT2D eigenvalue weighted by atomic mass is 10.2. The highest BCUT2D eigenvalue weighted by molar-refractivity contribution is 9.09. The fourth-order valence-electron chi connectivity index (χ4n) is 2.09. The monoisotopic (exact) mass is 361 g/mol. The highest BCUT2D eigenvalue weighted by atomic mass is 79.9. The van der Waals surface area contributed by atoms with Crippen LogP contribution in [0.15, 0.2) is 23.1 Å². The molecule has 1 aliphatic rings. The summed E-state index contributed by atoms with van der Waals surface area (Å²) in [7, 11) is -3.69. The number of carbonyl (C=O) groups is 1. The van der Waals surface area contributed by atoms with Crippen molar-refractivity contribution in [3.05, 3.63) is 23.8 Å². The second-order valence-corrected chi connectivity index (χ2v) is 6.99. The molecule has 1 aromatic rings. The van der Waals surface area contributed by atoms with Crippen molar-refractivity contribution < 1.29 is 17.9 Å². The number of nitrogens with zero attached hydrogens (tertiary/aromatic N) is 1. The molecule has 1 aromatic carbocycles. The van der Waals surface area contributed by atoms with E-state index in [0.29, 0.717) is 18.8 Å². The molecule has 7 heteroatoms. The van der Waals surface area contributed by atoms with E-state index in [0.717, 1.165) is 16.1 Å². The fourth-order valence-corrected chi connectivity index (χ4v) is 4.08. The van der Waals surface area contributed by atoms with Crippen LogP contribution in [-0.4, -0.2) is 37.1 Å². The molecule has 0 aromatic heterocycles. The van der Waals surface area contributed by atoms with E-state index in [4.69, 9.17) is 4.74 Å². The van der Waals surface area contributed by atoms with Crippen molar-refractivity contribution in [3.63, 3.8) is 0 Å². The molecule has 0 saturated heterocycles. The fraction of sp³-hybridized carbons (Fsp3) is 0.462. The molecule has 0 unspecified atom stereocenters. The van der Waals surface area contributed by atoms with E-state index in [1.807, 2.05) is 6.92 Å². The Balaban J connectivity index is 2.32. The van der Waals surface area contributed by atoms with Gasteiger partial charge in [-0.25, -0.2) is 12.7 Å². The molecule has 0 saturated carbocycles. The van der Waals surface area contributed by atoms with Crippen LogP contribution in [0.1, 0.15) is 30.1 Å². The Labute approximate surface area is 127 Å². The van der Waals surface area contributed by atoms with Gasteiger partial charge in [0.1, 0.15) is 10.6 Å². The Bertz CT molecular complexity index is 615. The van der Waals surface area contributed by atoms with Crippen molar-refractivity contribution >= 4 is 31.9 Å². The molecule has 20 heavy (non-hydrogen) atoms. The number of unbranched alkanes of at least 4 members (excludes halogenated alkanes) is 1. The summed E-state index contributed by atoms with van der Waals surface area (Å²) in [6.45, 7) is 2.51. The number of amides is 1. The van der Waals surface area contributed by atoms with Crippen molar-refractivity contribution in [1.82, 2.24) is 4.31 Å². The smallest absolute Gasteiger partial charge is 0.269 e. The second-order valence-electron chi connectivity index (χ2n) is 4.37. The minimum atomic E-state index is -3.69. The summed E-state index contributed by atoms with van der Waals surface area (Å²) in [6, 6.07) is 4.52. The maximum atomic E-state index is 12.3. The van der Waals surface area contributed by atoms with Gasteiger partial charge in [-0.1, -0.05) is 15.9 Å². The molecule has 0 radical (unpaired) electrons. The Hall–Kier alpha value is -1.08. The minimum absolute atomic E-state index is 0.0739. The van der Waals surface area contributed by atoms with E-state index in [1.54, 1.807) is 6.07 Å². The molecular formula is C13H16BrNO4S. The molecule has 0 spiro atoms. The van der Waals surface area contributed by atoms with Gasteiger partial charge in [-0.3, -0.25) is 4.79 Å². The van der Waals surface area contributed by atoms with Crippen molar-refractivity contribution in [1.29, 1.82) is 0 Å². The molecule has 1 aliphatic heterocycles. The van der Waals surface area contributed by atoms with Gasteiger partial charge in [0, 0.05) is 11.9 Å². The first-order valence-corrected chi connectivity index (χ1v) is 8.98. The number of hydrogen-bond donors (Lipinski definition) is 0. The number of fused-ring (bicyclic) bond motifs is 1. The summed E-state index contributed by atoms with van der Waals surface area (Å²) in [5.41, 5.74) is 0.204. The number of sulfonamides is 1. The number of halogens is 1. The van der Waals surface area contributed by atoms with Gasteiger partial charge < -0.3 is 4.74 Å². The molecule has 0 aliphatic carbocycles. The van der Waals surface area contributed by atoms with Crippen LogP contribution in [-0.2, 0) is 10.0 Å². The quantitative estimate of drug-likeness (QED) is 0.576. The number of ether oxygens (including phenoxy) is 1. The van der Waals surface area contributed by atoms with Crippen LogP contribution in [0.5, 0.6) is 5.75 Å². The van der Waals surface area contributed by atoms with Gasteiger partial charge in [-0.2, -0.15) is 0 Å². The van der Waals surface area contributed by atoms with Crippen LogP contribution in [0.3, 0.4) is 0 Å². The summed E-state index contributed by atoms with van der Waals surface area (Å²) < 4.78 is 30.9. The lowest BCUT2D eigenvalue weighted by Gasteiger charge is -2.14. The average Bonchev–Trinajstić information content (AvgIpc) is 2.60. The molecule has 2 rings (SSSR count). The van der Waals surface area contributed by atoms with Gasteiger partial charge in [0.05, 0.1) is 12.2 Å². The normalized spacial score (nSPS) is 16.3. The van der Waals surface area contributed by atoms with Gasteiger partial charge in [0.25, 0.3) is 15.9 Å². The third-order valence-corrected chi connectivity index (χ3v) is 5.43. The lowest BCUT2D eigenvalue weighted by molar-refractivity contribution is 0.0869. The van der Waals surface area contributed by atoms with Crippen LogP contribution >= 0.6 is 15.9 Å². The molecule has 1 heterocycles. The molecule has 0 atom stereocenters. The van der Waals surface area contributed by atoms with Crippen LogP contribution < -0.4 is 4.74 Å². The Morgan fingerprint density at radius 2 is 2.05 bits per heavy atom. The SMILES string of the molecule is CCOc1ccc2c(c1)C(=O)N(CCCCBr)S2(=O)=O. The topological polar surface area (TPSA) is 63.7 Å². The van der Waals surface area contributed by atoms with Crippen molar-refractivity contribution in [2.24, 2.45) is 0 Å². The zero-order chi connectivity index (χ0) is 14.8. The van der Waals surface area contributed by atoms with Gasteiger partial charge in [0.15, 0.2) is 0 Å². The maximum absolute atomic E-state index is 12.3. The van der Waals surface area contributed by atoms with E-state index in [2.05, 4.69) is 15.9 Å². The van der Waals surface area contributed by atoms with Crippen molar-refractivity contribution in [3.8, 4) is 5.75 Å². The lowest BCUT2D eigenvalue weighted by Crippen LogP contribution is -2.31. The first-order valence-electron chi connectivity index (χ1n) is 6.42. The predicted molar refractivity (Wildman–Crippen MR) is 78.9 cm³/mol. The molecule has 0 N–H and O–H groups in total. The highest BCUT2D eigenvalue weighted by Crippen LogP contribution is 2.33. The number of rotatable bonds is 6. The van der Waals surface area contributed by atoms with Crippen molar-refractivity contribution in [2.75, 3.05) is 18.5 Å². The summed E-state index contributed by atoms with van der Waals surface area (Å²) in [5, 5.41) is 0.788. The molecule has 0 bridgehead atoms. The average molecular weight is 362 g/mol. The van der Waals surface area contributed by atoms with E-state index >= 15 is 0 Å². The molecule has 5 nitrogen and oxygen atoms in total. The maximum Gasteiger partial charge on any atom is 0.269 e. The van der Waals surface area contributed by atoms with E-state index in [-0.39, 0.29) is 17.0 Å². The number of benzene rings is 1. The first-order chi connectivity index (χ1) is 9.52. The van der Waals surface area contributed by atoms with Gasteiger partial charge >= 0.3 is 0 Å². The van der Waals surface area contributed by atoms with Gasteiger partial charge in [-0.05, 0) is 38.0 Å². The molecule has 0 fully saturated rings. The third kappa shape index (κ3) is 2.69. The highest BCUT2D eigenvalue weighted by Gasteiger charge is 2.40. The molecule has 1 amide bonds. The zero-order valence-corrected chi connectivity index (χ0v) is 13.5. The minimum Gasteiger partial charge on any atom is -0.494 e. The number of alkyl halides is 1. The van der Waals surface area contributed by atoms with Crippen LogP contribution in [0.2, 0.25) is 0 Å². The summed E-state index contributed by atoms with van der Waals surface area (Å²) in [5.74, 6) is 0.0493. The third-order valence-electron chi connectivity index (χ3n) is 3.03. The second kappa shape index (κ2) is 6.13. The summed E-state index contributed by atoms with van der Waals surface area (Å²) in [4.78, 5) is 12.3. The number of hydrogen-bond acceptors (Lipinski definition) is 4. The number of carbonyl (C=O) groups excluding carboxylic acids is 1. The van der Waals surface area contributed by atoms with Crippen LogP contribution in [0.4, 0.5) is 0 Å². The molecular weight excluding hydrogens is 346 g/mol. The standard InChI is InChI=1S/C13H16BrNO4S/c1-2-19-10-5-6-12-11(9-10)13(16)15(20(12,17)18)8-4-3-7-14/h5-6,9H,2-4,7-8H2,1H3. The van der Waals surface area contributed by atoms with Crippen LogP contribution in [0.25, 0.3) is 0 Å². The summed E-state index contributed by atoms with van der Waals surface area (Å²) >= 11 is 3.29. The van der Waals surface area contributed by atoms with Crippen LogP contribution in [0, 0.1) is 0 Å². The van der Waals surface area contributed by atoms with Gasteiger partial charge in [0.2, 0.25) is 0 Å². The van der Waals surface area contributed by atoms with Gasteiger partial charge in [-0.15, -0.1) is 0 Å². The Kier molecular flexibility index (Phi) is 4.70. The summed E-state index contributed by atoms with van der Waals surface area (Å²) in [6.07, 6.45) is 1.46. The first kappa shape index (κ1) is 15.3. The van der Waals surface area contributed by atoms with E-state index < -0.39 is 15.9 Å².